The molecular formula is C14H23N3O2. The molecule has 1 unspecified atom stereocenters. The lowest BCUT2D eigenvalue weighted by atomic mass is 9.98. The van der Waals surface area contributed by atoms with Crippen molar-refractivity contribution >= 4 is 17.5 Å². The molecule has 1 aromatic rings. The van der Waals surface area contributed by atoms with Crippen LogP contribution in [0.3, 0.4) is 0 Å². The maximum absolute atomic E-state index is 11.8. The Kier molecular flexibility index (Phi) is 5.60. The van der Waals surface area contributed by atoms with Gasteiger partial charge in [0.25, 0.3) is 0 Å². The highest BCUT2D eigenvalue weighted by Crippen LogP contribution is 2.18. The van der Waals surface area contributed by atoms with Crippen LogP contribution < -0.4 is 11.1 Å². The lowest BCUT2D eigenvalue weighted by Crippen LogP contribution is -2.19. The smallest absolute Gasteiger partial charge is 0.341 e. The third-order valence-electron chi connectivity index (χ3n) is 3.13. The number of nitrogen functional groups attached to an aromatic ring is 1. The van der Waals surface area contributed by atoms with Gasteiger partial charge in [-0.2, -0.15) is 0 Å². The summed E-state index contributed by atoms with van der Waals surface area (Å²) in [5, 5.41) is 3.19. The molecule has 19 heavy (non-hydrogen) atoms. The van der Waals surface area contributed by atoms with E-state index in [0.29, 0.717) is 35.5 Å². The highest BCUT2D eigenvalue weighted by Gasteiger charge is 2.15. The fourth-order valence-corrected chi connectivity index (χ4v) is 1.48. The SMILES string of the molecule is CCOC(=O)c1cc(N)cnc1NCC(C)C(C)C. The molecule has 1 rings (SSSR count). The molecule has 0 bridgehead atoms. The van der Waals surface area contributed by atoms with Crippen LogP contribution in [0.4, 0.5) is 11.5 Å². The van der Waals surface area contributed by atoms with Gasteiger partial charge in [-0.25, -0.2) is 9.78 Å². The number of aromatic nitrogens is 1. The number of hydrogen-bond donors (Lipinski definition) is 2. The molecule has 0 saturated carbocycles. The van der Waals surface area contributed by atoms with Gasteiger partial charge in [0.2, 0.25) is 0 Å². The second-order valence-electron chi connectivity index (χ2n) is 4.99. The van der Waals surface area contributed by atoms with E-state index in [1.54, 1.807) is 13.0 Å². The number of carbonyl (C=O) groups excluding carboxylic acids is 1. The Hall–Kier alpha value is -1.78. The van der Waals surface area contributed by atoms with Crippen molar-refractivity contribution in [2.75, 3.05) is 24.2 Å². The summed E-state index contributed by atoms with van der Waals surface area (Å²) in [6.07, 6.45) is 1.53. The number of anilines is 2. The molecule has 0 aromatic carbocycles. The van der Waals surface area contributed by atoms with Crippen LogP contribution in [0, 0.1) is 11.8 Å². The van der Waals surface area contributed by atoms with Crippen LogP contribution >= 0.6 is 0 Å². The number of nitrogens with one attached hydrogen (secondary N) is 1. The summed E-state index contributed by atoms with van der Waals surface area (Å²) in [5.74, 6) is 1.17. The van der Waals surface area contributed by atoms with E-state index in [1.165, 1.54) is 6.20 Å². The third-order valence-corrected chi connectivity index (χ3v) is 3.13. The number of pyridine rings is 1. The molecule has 0 radical (unpaired) electrons. The van der Waals surface area contributed by atoms with E-state index < -0.39 is 5.97 Å². The van der Waals surface area contributed by atoms with E-state index in [1.807, 2.05) is 0 Å². The van der Waals surface area contributed by atoms with Crippen molar-refractivity contribution in [2.45, 2.75) is 27.7 Å². The van der Waals surface area contributed by atoms with Gasteiger partial charge in [-0.3, -0.25) is 0 Å². The van der Waals surface area contributed by atoms with Crippen LogP contribution in [0.1, 0.15) is 38.1 Å². The van der Waals surface area contributed by atoms with E-state index in [2.05, 4.69) is 31.1 Å². The van der Waals surface area contributed by atoms with Crippen molar-refractivity contribution in [2.24, 2.45) is 11.8 Å². The van der Waals surface area contributed by atoms with Crippen molar-refractivity contribution in [3.63, 3.8) is 0 Å². The minimum atomic E-state index is -0.401. The number of carbonyl (C=O) groups is 1. The largest absolute Gasteiger partial charge is 0.462 e. The van der Waals surface area contributed by atoms with E-state index in [0.717, 1.165) is 6.54 Å². The minimum Gasteiger partial charge on any atom is -0.462 e. The molecule has 0 spiro atoms. The number of esters is 1. The number of rotatable bonds is 6. The Morgan fingerprint density at radius 3 is 2.74 bits per heavy atom. The molecule has 0 aliphatic heterocycles. The summed E-state index contributed by atoms with van der Waals surface area (Å²) in [4.78, 5) is 16.0. The summed E-state index contributed by atoms with van der Waals surface area (Å²) in [7, 11) is 0. The quantitative estimate of drug-likeness (QED) is 0.773. The number of ether oxygens (including phenoxy) is 1. The average Bonchev–Trinajstić information content (AvgIpc) is 2.36. The molecule has 5 heteroatoms. The van der Waals surface area contributed by atoms with Crippen molar-refractivity contribution in [1.82, 2.24) is 4.98 Å². The van der Waals surface area contributed by atoms with Gasteiger partial charge >= 0.3 is 5.97 Å². The van der Waals surface area contributed by atoms with Crippen molar-refractivity contribution in [3.05, 3.63) is 17.8 Å². The molecule has 3 N–H and O–H groups in total. The van der Waals surface area contributed by atoms with Gasteiger partial charge in [0, 0.05) is 6.54 Å². The molecule has 0 amide bonds. The van der Waals surface area contributed by atoms with Gasteiger partial charge in [-0.15, -0.1) is 0 Å². The highest BCUT2D eigenvalue weighted by molar-refractivity contribution is 5.95. The van der Waals surface area contributed by atoms with Crippen LogP contribution in [0.2, 0.25) is 0 Å². The van der Waals surface area contributed by atoms with Gasteiger partial charge in [-0.05, 0) is 24.8 Å². The van der Waals surface area contributed by atoms with E-state index in [9.17, 15) is 4.79 Å². The normalized spacial score (nSPS) is 12.3. The second-order valence-corrected chi connectivity index (χ2v) is 4.99. The molecule has 0 fully saturated rings. The molecule has 0 aliphatic carbocycles. The molecule has 5 nitrogen and oxygen atoms in total. The van der Waals surface area contributed by atoms with Crippen LogP contribution in [0.5, 0.6) is 0 Å². The summed E-state index contributed by atoms with van der Waals surface area (Å²) in [6, 6.07) is 1.59. The maximum atomic E-state index is 11.8. The number of nitrogens with two attached hydrogens (primary N) is 1. The first-order chi connectivity index (χ1) is 8.95. The van der Waals surface area contributed by atoms with Crippen LogP contribution in [-0.2, 0) is 4.74 Å². The Bertz CT molecular complexity index is 433. The zero-order valence-corrected chi connectivity index (χ0v) is 12.1. The molecule has 106 valence electrons. The predicted molar refractivity (Wildman–Crippen MR) is 77.1 cm³/mol. The zero-order chi connectivity index (χ0) is 14.4. The zero-order valence-electron chi connectivity index (χ0n) is 12.1. The summed E-state index contributed by atoms with van der Waals surface area (Å²) >= 11 is 0. The van der Waals surface area contributed by atoms with Crippen molar-refractivity contribution in [3.8, 4) is 0 Å². The van der Waals surface area contributed by atoms with Gasteiger partial charge in [0.05, 0.1) is 18.5 Å². The maximum Gasteiger partial charge on any atom is 0.341 e. The first kappa shape index (κ1) is 15.3. The lowest BCUT2D eigenvalue weighted by Gasteiger charge is -2.17. The molecular weight excluding hydrogens is 242 g/mol. The molecule has 1 aromatic heterocycles. The molecule has 0 aliphatic rings. The van der Waals surface area contributed by atoms with E-state index in [4.69, 9.17) is 10.5 Å². The number of nitrogens with zero attached hydrogens (tertiary/aromatic N) is 1. The fourth-order valence-electron chi connectivity index (χ4n) is 1.48. The van der Waals surface area contributed by atoms with E-state index in [-0.39, 0.29) is 0 Å². The molecule has 1 atom stereocenters. The topological polar surface area (TPSA) is 77.2 Å². The Morgan fingerprint density at radius 1 is 1.47 bits per heavy atom. The van der Waals surface area contributed by atoms with Gasteiger partial charge in [0.15, 0.2) is 0 Å². The second kappa shape index (κ2) is 6.97. The van der Waals surface area contributed by atoms with Gasteiger partial charge < -0.3 is 15.8 Å². The Balaban J connectivity index is 2.85. The van der Waals surface area contributed by atoms with E-state index >= 15 is 0 Å². The summed E-state index contributed by atoms with van der Waals surface area (Å²) in [5.41, 5.74) is 6.50. The third kappa shape index (κ3) is 4.43. The molecule has 0 saturated heterocycles. The van der Waals surface area contributed by atoms with Crippen LogP contribution in [0.15, 0.2) is 12.3 Å². The van der Waals surface area contributed by atoms with Gasteiger partial charge in [-0.1, -0.05) is 20.8 Å². The summed E-state index contributed by atoms with van der Waals surface area (Å²) in [6.45, 7) is 9.32. The van der Waals surface area contributed by atoms with Crippen molar-refractivity contribution < 1.29 is 9.53 Å². The molecule has 1 heterocycles. The predicted octanol–water partition coefficient (Wildman–Crippen LogP) is 2.54. The van der Waals surface area contributed by atoms with Crippen LogP contribution in [0.25, 0.3) is 0 Å². The average molecular weight is 265 g/mol. The Labute approximate surface area is 114 Å². The first-order valence-electron chi connectivity index (χ1n) is 6.62. The van der Waals surface area contributed by atoms with Crippen LogP contribution in [-0.4, -0.2) is 24.1 Å². The fraction of sp³-hybridized carbons (Fsp3) is 0.571. The monoisotopic (exact) mass is 265 g/mol. The minimum absolute atomic E-state index is 0.329. The Morgan fingerprint density at radius 2 is 2.16 bits per heavy atom. The number of hydrogen-bond acceptors (Lipinski definition) is 5. The van der Waals surface area contributed by atoms with Gasteiger partial charge in [0.1, 0.15) is 11.4 Å². The summed E-state index contributed by atoms with van der Waals surface area (Å²) < 4.78 is 5.00. The van der Waals surface area contributed by atoms with Crippen molar-refractivity contribution in [1.29, 1.82) is 0 Å². The first-order valence-corrected chi connectivity index (χ1v) is 6.62. The highest BCUT2D eigenvalue weighted by atomic mass is 16.5. The lowest BCUT2D eigenvalue weighted by molar-refractivity contribution is 0.0527. The standard InChI is InChI=1S/C14H23N3O2/c1-5-19-14(18)12-6-11(15)8-17-13(12)16-7-10(4)9(2)3/h6,8-10H,5,7,15H2,1-4H3,(H,16,17).